The van der Waals surface area contributed by atoms with Crippen LogP contribution in [-0.2, 0) is 0 Å². The van der Waals surface area contributed by atoms with Gasteiger partial charge in [0.05, 0.1) is 11.2 Å². The summed E-state index contributed by atoms with van der Waals surface area (Å²) in [7, 11) is 0. The van der Waals surface area contributed by atoms with Gasteiger partial charge in [-0.3, -0.25) is 9.97 Å². The zero-order valence-electron chi connectivity index (χ0n) is 9.59. The largest absolute Gasteiger partial charge is 0.256 e. The van der Waals surface area contributed by atoms with Gasteiger partial charge in [-0.2, -0.15) is 0 Å². The second kappa shape index (κ2) is 3.98. The van der Waals surface area contributed by atoms with Crippen LogP contribution < -0.4 is 0 Å². The Morgan fingerprint density at radius 1 is 0.941 bits per heavy atom. The summed E-state index contributed by atoms with van der Waals surface area (Å²) in [5, 5.41) is 1.15. The molecule has 2 aromatic heterocycles. The first-order chi connectivity index (χ1) is 8.34. The van der Waals surface area contributed by atoms with Crippen molar-refractivity contribution in [3.63, 3.8) is 0 Å². The monoisotopic (exact) mass is 220 g/mol. The van der Waals surface area contributed by atoms with Crippen LogP contribution in [0.15, 0.2) is 54.7 Å². The predicted molar refractivity (Wildman–Crippen MR) is 69.7 cm³/mol. The summed E-state index contributed by atoms with van der Waals surface area (Å²) >= 11 is 0. The van der Waals surface area contributed by atoms with Gasteiger partial charge in [0.2, 0.25) is 0 Å². The van der Waals surface area contributed by atoms with Crippen LogP contribution in [-0.4, -0.2) is 9.97 Å². The van der Waals surface area contributed by atoms with Crippen LogP contribution >= 0.6 is 0 Å². The topological polar surface area (TPSA) is 25.8 Å². The summed E-state index contributed by atoms with van der Waals surface area (Å²) < 4.78 is 0. The number of nitrogens with zero attached hydrogens (tertiary/aromatic N) is 2. The Bertz CT molecular complexity index is 660. The quantitative estimate of drug-likeness (QED) is 0.626. The lowest BCUT2D eigenvalue weighted by Gasteiger charge is -2.06. The molecule has 0 saturated heterocycles. The molecular weight excluding hydrogens is 208 g/mol. The minimum atomic E-state index is 0.995. The Hall–Kier alpha value is -2.22. The Balaban J connectivity index is 2.36. The Labute approximate surface area is 100.0 Å². The van der Waals surface area contributed by atoms with Crippen molar-refractivity contribution < 1.29 is 0 Å². The molecule has 17 heavy (non-hydrogen) atoms. The maximum absolute atomic E-state index is 4.53. The molecule has 2 heteroatoms. The van der Waals surface area contributed by atoms with Gasteiger partial charge in [-0.05, 0) is 31.2 Å². The first-order valence-corrected chi connectivity index (χ1v) is 5.62. The summed E-state index contributed by atoms with van der Waals surface area (Å²) in [6.45, 7) is 2.01. The Morgan fingerprint density at radius 2 is 1.76 bits per heavy atom. The van der Waals surface area contributed by atoms with Crippen LogP contribution in [0.25, 0.3) is 22.2 Å². The van der Waals surface area contributed by atoms with Gasteiger partial charge >= 0.3 is 0 Å². The molecule has 0 radical (unpaired) electrons. The zero-order valence-corrected chi connectivity index (χ0v) is 9.59. The lowest BCUT2D eigenvalue weighted by atomic mass is 10.0. The minimum Gasteiger partial charge on any atom is -0.256 e. The van der Waals surface area contributed by atoms with Crippen LogP contribution in [0.4, 0.5) is 0 Å². The summed E-state index contributed by atoms with van der Waals surface area (Å²) in [5.41, 5.74) is 4.18. The molecule has 0 bridgehead atoms. The molecule has 0 fully saturated rings. The smallest absolute Gasteiger partial charge is 0.0711 e. The number of hydrogen-bond donors (Lipinski definition) is 0. The molecule has 0 amide bonds. The van der Waals surface area contributed by atoms with Gasteiger partial charge in [0.25, 0.3) is 0 Å². The fourth-order valence-electron chi connectivity index (χ4n) is 2.04. The molecule has 0 aliphatic rings. The van der Waals surface area contributed by atoms with E-state index in [1.165, 1.54) is 0 Å². The number of benzene rings is 1. The van der Waals surface area contributed by atoms with Gasteiger partial charge in [0.1, 0.15) is 0 Å². The Morgan fingerprint density at radius 3 is 2.59 bits per heavy atom. The van der Waals surface area contributed by atoms with E-state index in [0.717, 1.165) is 27.9 Å². The second-order valence-corrected chi connectivity index (χ2v) is 4.04. The molecular formula is C15H12N2. The normalized spacial score (nSPS) is 10.6. The molecule has 0 unspecified atom stereocenters. The third-order valence-corrected chi connectivity index (χ3v) is 2.79. The highest BCUT2D eigenvalue weighted by Gasteiger charge is 2.06. The summed E-state index contributed by atoms with van der Waals surface area (Å²) in [6.07, 6.45) is 1.82. The third-order valence-electron chi connectivity index (χ3n) is 2.79. The predicted octanol–water partition coefficient (Wildman–Crippen LogP) is 3.61. The van der Waals surface area contributed by atoms with E-state index in [0.29, 0.717) is 0 Å². The van der Waals surface area contributed by atoms with E-state index in [1.54, 1.807) is 0 Å². The van der Waals surface area contributed by atoms with E-state index in [1.807, 2.05) is 49.5 Å². The van der Waals surface area contributed by atoms with Gasteiger partial charge in [-0.25, -0.2) is 0 Å². The fraction of sp³-hybridized carbons (Fsp3) is 0.0667. The molecule has 0 aliphatic heterocycles. The van der Waals surface area contributed by atoms with Crippen LogP contribution in [0.2, 0.25) is 0 Å². The highest BCUT2D eigenvalue weighted by atomic mass is 14.7. The van der Waals surface area contributed by atoms with E-state index in [2.05, 4.69) is 22.1 Å². The molecule has 0 saturated carbocycles. The van der Waals surface area contributed by atoms with Crippen molar-refractivity contribution in [1.82, 2.24) is 9.97 Å². The maximum Gasteiger partial charge on any atom is 0.0711 e. The lowest BCUT2D eigenvalue weighted by Crippen LogP contribution is -1.89. The number of hydrogen-bond acceptors (Lipinski definition) is 2. The van der Waals surface area contributed by atoms with Crippen molar-refractivity contribution in [2.75, 3.05) is 0 Å². The standard InChI is InChI=1S/C15H12N2/c1-11-10-13(14-7-4-5-9-16-14)12-6-2-3-8-15(12)17-11/h2-10H,1H3. The van der Waals surface area contributed by atoms with Gasteiger partial charge in [-0.15, -0.1) is 0 Å². The first kappa shape index (κ1) is 9.97. The zero-order chi connectivity index (χ0) is 11.7. The number of pyridine rings is 2. The van der Waals surface area contributed by atoms with E-state index >= 15 is 0 Å². The van der Waals surface area contributed by atoms with E-state index in [-0.39, 0.29) is 0 Å². The van der Waals surface area contributed by atoms with E-state index in [4.69, 9.17) is 0 Å². The first-order valence-electron chi connectivity index (χ1n) is 5.62. The summed E-state index contributed by atoms with van der Waals surface area (Å²) in [5.74, 6) is 0. The van der Waals surface area contributed by atoms with Gasteiger partial charge in [-0.1, -0.05) is 24.3 Å². The molecule has 0 N–H and O–H groups in total. The van der Waals surface area contributed by atoms with Crippen molar-refractivity contribution in [3.05, 3.63) is 60.4 Å². The maximum atomic E-state index is 4.53. The lowest BCUT2D eigenvalue weighted by molar-refractivity contribution is 1.24. The average Bonchev–Trinajstić information content (AvgIpc) is 2.39. The second-order valence-electron chi connectivity index (χ2n) is 4.04. The number of para-hydroxylation sites is 1. The van der Waals surface area contributed by atoms with Crippen molar-refractivity contribution in [3.8, 4) is 11.3 Å². The number of aromatic nitrogens is 2. The average molecular weight is 220 g/mol. The van der Waals surface area contributed by atoms with Crippen LogP contribution in [0, 0.1) is 6.92 Å². The summed E-state index contributed by atoms with van der Waals surface area (Å²) in [6, 6.07) is 16.2. The SMILES string of the molecule is Cc1cc(-c2ccccn2)c2ccccc2n1. The fourth-order valence-corrected chi connectivity index (χ4v) is 2.04. The van der Waals surface area contributed by atoms with Gasteiger partial charge in [0.15, 0.2) is 0 Å². The molecule has 3 rings (SSSR count). The molecule has 2 heterocycles. The van der Waals surface area contributed by atoms with Crippen molar-refractivity contribution in [2.45, 2.75) is 6.92 Å². The number of rotatable bonds is 1. The van der Waals surface area contributed by atoms with Gasteiger partial charge < -0.3 is 0 Å². The molecule has 0 aliphatic carbocycles. The molecule has 3 aromatic rings. The molecule has 0 spiro atoms. The van der Waals surface area contributed by atoms with Crippen molar-refractivity contribution in [1.29, 1.82) is 0 Å². The van der Waals surface area contributed by atoms with Crippen molar-refractivity contribution in [2.24, 2.45) is 0 Å². The third kappa shape index (κ3) is 1.78. The Kier molecular flexibility index (Phi) is 2.33. The molecule has 1 aromatic carbocycles. The molecule has 0 atom stereocenters. The number of aryl methyl sites for hydroxylation is 1. The van der Waals surface area contributed by atoms with Crippen LogP contribution in [0.5, 0.6) is 0 Å². The highest BCUT2D eigenvalue weighted by molar-refractivity contribution is 5.93. The molecule has 82 valence electrons. The van der Waals surface area contributed by atoms with Crippen LogP contribution in [0.3, 0.4) is 0 Å². The number of fused-ring (bicyclic) bond motifs is 1. The van der Waals surface area contributed by atoms with Crippen LogP contribution in [0.1, 0.15) is 5.69 Å². The highest BCUT2D eigenvalue weighted by Crippen LogP contribution is 2.26. The van der Waals surface area contributed by atoms with Gasteiger partial charge in [0, 0.05) is 22.8 Å². The molecule has 2 nitrogen and oxygen atoms in total. The minimum absolute atomic E-state index is 0.995. The summed E-state index contributed by atoms with van der Waals surface area (Å²) in [4.78, 5) is 8.95. The van der Waals surface area contributed by atoms with E-state index in [9.17, 15) is 0 Å². The van der Waals surface area contributed by atoms with Crippen molar-refractivity contribution >= 4 is 10.9 Å². The van der Waals surface area contributed by atoms with E-state index < -0.39 is 0 Å².